The number of aromatic amines is 1. The summed E-state index contributed by atoms with van der Waals surface area (Å²) in [4.78, 5) is 11.7. The van der Waals surface area contributed by atoms with Crippen LogP contribution in [0.15, 0.2) is 30.3 Å². The van der Waals surface area contributed by atoms with Gasteiger partial charge < -0.3 is 5.32 Å². The lowest BCUT2D eigenvalue weighted by molar-refractivity contribution is -0.116. The van der Waals surface area contributed by atoms with E-state index in [0.717, 1.165) is 22.6 Å². The maximum absolute atomic E-state index is 11.7. The van der Waals surface area contributed by atoms with Gasteiger partial charge in [-0.2, -0.15) is 5.10 Å². The summed E-state index contributed by atoms with van der Waals surface area (Å²) in [7, 11) is 0. The second-order valence-electron chi connectivity index (χ2n) is 5.16. The Morgan fingerprint density at radius 2 is 2.00 bits per heavy atom. The molecule has 2 aromatic rings. The first kappa shape index (κ1) is 13.3. The zero-order valence-electron chi connectivity index (χ0n) is 11.5. The van der Waals surface area contributed by atoms with Crippen LogP contribution in [0.25, 0.3) is 11.3 Å². The summed E-state index contributed by atoms with van der Waals surface area (Å²) in [5, 5.41) is 10.0. The van der Waals surface area contributed by atoms with E-state index in [1.165, 1.54) is 0 Å². The van der Waals surface area contributed by atoms with Gasteiger partial charge >= 0.3 is 0 Å². The molecule has 4 heteroatoms. The first-order valence-corrected chi connectivity index (χ1v) is 6.47. The Kier molecular flexibility index (Phi) is 4.00. The molecule has 0 bridgehead atoms. The number of carbonyl (C=O) groups excluding carboxylic acids is 1. The van der Waals surface area contributed by atoms with Gasteiger partial charge in [-0.25, -0.2) is 0 Å². The Hall–Kier alpha value is -2.10. The number of carbonyl (C=O) groups is 1. The highest BCUT2D eigenvalue weighted by Gasteiger charge is 2.06. The molecule has 0 radical (unpaired) electrons. The highest BCUT2D eigenvalue weighted by molar-refractivity contribution is 5.91. The molecule has 100 valence electrons. The summed E-state index contributed by atoms with van der Waals surface area (Å²) < 4.78 is 0. The summed E-state index contributed by atoms with van der Waals surface area (Å²) in [6.07, 6.45) is 0.542. The zero-order chi connectivity index (χ0) is 13.8. The number of nitrogens with zero attached hydrogens (tertiary/aromatic N) is 1. The molecule has 0 saturated heterocycles. The van der Waals surface area contributed by atoms with Gasteiger partial charge in [0.05, 0.1) is 5.69 Å². The van der Waals surface area contributed by atoms with E-state index in [2.05, 4.69) is 15.5 Å². The molecular formula is C15H19N3O. The molecule has 0 aliphatic heterocycles. The van der Waals surface area contributed by atoms with E-state index in [0.29, 0.717) is 12.3 Å². The molecule has 0 spiro atoms. The topological polar surface area (TPSA) is 57.8 Å². The smallest absolute Gasteiger partial charge is 0.224 e. The SMILES string of the molecule is Cc1cc(-c2ccc(NC(=O)CC(C)C)cc2)n[nH]1. The molecule has 0 saturated carbocycles. The van der Waals surface area contributed by atoms with Crippen LogP contribution >= 0.6 is 0 Å². The zero-order valence-corrected chi connectivity index (χ0v) is 11.5. The van der Waals surface area contributed by atoms with Crippen LogP contribution in [0.4, 0.5) is 5.69 Å². The lowest BCUT2D eigenvalue weighted by Gasteiger charge is -2.07. The fourth-order valence-corrected chi connectivity index (χ4v) is 1.87. The van der Waals surface area contributed by atoms with Gasteiger partial charge in [-0.05, 0) is 31.0 Å². The van der Waals surface area contributed by atoms with Crippen LogP contribution in [-0.2, 0) is 4.79 Å². The van der Waals surface area contributed by atoms with Gasteiger partial charge in [-0.3, -0.25) is 9.89 Å². The predicted octanol–water partition coefficient (Wildman–Crippen LogP) is 3.37. The second kappa shape index (κ2) is 5.69. The van der Waals surface area contributed by atoms with E-state index < -0.39 is 0 Å². The van der Waals surface area contributed by atoms with Gasteiger partial charge in [0.15, 0.2) is 0 Å². The van der Waals surface area contributed by atoms with Gasteiger partial charge in [-0.1, -0.05) is 26.0 Å². The summed E-state index contributed by atoms with van der Waals surface area (Å²) in [5.41, 5.74) is 3.80. The average molecular weight is 257 g/mol. The van der Waals surface area contributed by atoms with Crippen molar-refractivity contribution in [3.8, 4) is 11.3 Å². The largest absolute Gasteiger partial charge is 0.326 e. The second-order valence-corrected chi connectivity index (χ2v) is 5.16. The number of aryl methyl sites for hydroxylation is 1. The molecule has 0 unspecified atom stereocenters. The number of hydrogen-bond acceptors (Lipinski definition) is 2. The number of amides is 1. The van der Waals surface area contributed by atoms with Crippen LogP contribution in [0.1, 0.15) is 26.0 Å². The Morgan fingerprint density at radius 3 is 2.53 bits per heavy atom. The minimum atomic E-state index is 0.0540. The third-order valence-corrected chi connectivity index (χ3v) is 2.76. The van der Waals surface area contributed by atoms with E-state index in [1.807, 2.05) is 51.1 Å². The molecule has 2 rings (SSSR count). The highest BCUT2D eigenvalue weighted by atomic mass is 16.1. The number of H-pyrrole nitrogens is 1. The number of nitrogens with one attached hydrogen (secondary N) is 2. The average Bonchev–Trinajstić information content (AvgIpc) is 2.75. The van der Waals surface area contributed by atoms with Crippen LogP contribution in [-0.4, -0.2) is 16.1 Å². The summed E-state index contributed by atoms with van der Waals surface area (Å²) in [6.45, 7) is 6.03. The van der Waals surface area contributed by atoms with Crippen LogP contribution in [0.2, 0.25) is 0 Å². The first-order valence-electron chi connectivity index (χ1n) is 6.47. The predicted molar refractivity (Wildman–Crippen MR) is 76.8 cm³/mol. The fraction of sp³-hybridized carbons (Fsp3) is 0.333. The minimum Gasteiger partial charge on any atom is -0.326 e. The van der Waals surface area contributed by atoms with Crippen LogP contribution in [0, 0.1) is 12.8 Å². The molecule has 4 nitrogen and oxygen atoms in total. The van der Waals surface area contributed by atoms with Gasteiger partial charge in [0.1, 0.15) is 0 Å². The van der Waals surface area contributed by atoms with Crippen molar-refractivity contribution in [1.29, 1.82) is 0 Å². The molecule has 0 fully saturated rings. The molecule has 1 amide bonds. The van der Waals surface area contributed by atoms with Crippen LogP contribution < -0.4 is 5.32 Å². The normalized spacial score (nSPS) is 10.7. The van der Waals surface area contributed by atoms with Crippen molar-refractivity contribution in [2.75, 3.05) is 5.32 Å². The van der Waals surface area contributed by atoms with E-state index in [4.69, 9.17) is 0 Å². The molecule has 19 heavy (non-hydrogen) atoms. The molecule has 0 aliphatic carbocycles. The number of benzene rings is 1. The highest BCUT2D eigenvalue weighted by Crippen LogP contribution is 2.20. The molecule has 0 atom stereocenters. The van der Waals surface area contributed by atoms with Crippen molar-refractivity contribution in [1.82, 2.24) is 10.2 Å². The molecule has 0 aliphatic rings. The lowest BCUT2D eigenvalue weighted by Crippen LogP contribution is -2.13. The molecule has 2 N–H and O–H groups in total. The molecule has 1 heterocycles. The van der Waals surface area contributed by atoms with Gasteiger partial charge in [0.25, 0.3) is 0 Å². The number of hydrogen-bond donors (Lipinski definition) is 2. The Morgan fingerprint density at radius 1 is 1.32 bits per heavy atom. The third-order valence-electron chi connectivity index (χ3n) is 2.76. The minimum absolute atomic E-state index is 0.0540. The van der Waals surface area contributed by atoms with Gasteiger partial charge in [0.2, 0.25) is 5.91 Å². The first-order chi connectivity index (χ1) is 9.04. The van der Waals surface area contributed by atoms with Crippen molar-refractivity contribution in [2.45, 2.75) is 27.2 Å². The monoisotopic (exact) mass is 257 g/mol. The Balaban J connectivity index is 2.04. The van der Waals surface area contributed by atoms with E-state index in [9.17, 15) is 4.79 Å². The maximum atomic E-state index is 11.7. The van der Waals surface area contributed by atoms with E-state index >= 15 is 0 Å². The lowest BCUT2D eigenvalue weighted by atomic mass is 10.1. The number of anilines is 1. The maximum Gasteiger partial charge on any atom is 0.224 e. The number of aromatic nitrogens is 2. The van der Waals surface area contributed by atoms with Crippen molar-refractivity contribution in [3.05, 3.63) is 36.0 Å². The van der Waals surface area contributed by atoms with Crippen molar-refractivity contribution >= 4 is 11.6 Å². The third kappa shape index (κ3) is 3.68. The van der Waals surface area contributed by atoms with Crippen molar-refractivity contribution in [2.24, 2.45) is 5.92 Å². The standard InChI is InChI=1S/C15H19N3O/c1-10(2)8-15(19)16-13-6-4-12(5-7-13)14-9-11(3)17-18-14/h4-7,9-10H,8H2,1-3H3,(H,16,19)(H,17,18). The van der Waals surface area contributed by atoms with Crippen LogP contribution in [0.3, 0.4) is 0 Å². The summed E-state index contributed by atoms with van der Waals surface area (Å²) in [6, 6.07) is 9.71. The van der Waals surface area contributed by atoms with Crippen LogP contribution in [0.5, 0.6) is 0 Å². The fourth-order valence-electron chi connectivity index (χ4n) is 1.87. The summed E-state index contributed by atoms with van der Waals surface area (Å²) in [5.74, 6) is 0.421. The van der Waals surface area contributed by atoms with Gasteiger partial charge in [0, 0.05) is 23.4 Å². The summed E-state index contributed by atoms with van der Waals surface area (Å²) >= 11 is 0. The molecular weight excluding hydrogens is 238 g/mol. The van der Waals surface area contributed by atoms with E-state index in [1.54, 1.807) is 0 Å². The van der Waals surface area contributed by atoms with Crippen molar-refractivity contribution in [3.63, 3.8) is 0 Å². The molecule has 1 aromatic carbocycles. The van der Waals surface area contributed by atoms with E-state index in [-0.39, 0.29) is 5.91 Å². The molecule has 1 aromatic heterocycles. The van der Waals surface area contributed by atoms with Crippen molar-refractivity contribution < 1.29 is 4.79 Å². The number of rotatable bonds is 4. The van der Waals surface area contributed by atoms with Gasteiger partial charge in [-0.15, -0.1) is 0 Å². The Bertz CT molecular complexity index is 555. The Labute approximate surface area is 113 Å². The quantitative estimate of drug-likeness (QED) is 0.882.